The topological polar surface area (TPSA) is 18.5 Å². The van der Waals surface area contributed by atoms with Gasteiger partial charge in [0, 0.05) is 5.56 Å². The second-order valence-corrected chi connectivity index (χ2v) is 7.88. The van der Waals surface area contributed by atoms with Gasteiger partial charge >= 0.3 is 0 Å². The van der Waals surface area contributed by atoms with Crippen molar-refractivity contribution in [3.63, 3.8) is 0 Å². The molecule has 0 atom stereocenters. The summed E-state index contributed by atoms with van der Waals surface area (Å²) in [6.45, 7) is 3.93. The molecule has 0 radical (unpaired) electrons. The third kappa shape index (κ3) is 3.40. The molecule has 2 aliphatic rings. The molecule has 0 N–H and O–H groups in total. The predicted molar refractivity (Wildman–Crippen MR) is 104 cm³/mol. The van der Waals surface area contributed by atoms with Crippen LogP contribution in [0.15, 0.2) is 43.0 Å². The molecule has 4 rings (SSSR count). The second-order valence-electron chi connectivity index (χ2n) is 7.88. The van der Waals surface area contributed by atoms with Crippen LogP contribution in [-0.4, -0.2) is 13.2 Å². The highest BCUT2D eigenvalue weighted by Crippen LogP contribution is 2.49. The normalized spacial score (nSPS) is 20.0. The first-order valence-corrected chi connectivity index (χ1v) is 9.61. The van der Waals surface area contributed by atoms with E-state index in [9.17, 15) is 0 Å². The molecule has 0 bridgehead atoms. The number of benzene rings is 2. The largest absolute Gasteiger partial charge is 0.497 e. The summed E-state index contributed by atoms with van der Waals surface area (Å²) in [5, 5.41) is 2.39. The SMILES string of the molecule is C=C(OC)c1ccc2cc(OC3CCC4(CCCC4)CC3)ccc2c1. The minimum Gasteiger partial charge on any atom is -0.497 e. The summed E-state index contributed by atoms with van der Waals surface area (Å²) < 4.78 is 11.6. The van der Waals surface area contributed by atoms with E-state index in [-0.39, 0.29) is 0 Å². The highest BCUT2D eigenvalue weighted by molar-refractivity contribution is 5.86. The second kappa shape index (κ2) is 6.74. The minimum absolute atomic E-state index is 0.385. The van der Waals surface area contributed by atoms with Crippen molar-refractivity contribution in [2.75, 3.05) is 7.11 Å². The number of methoxy groups -OCH3 is 1. The molecule has 2 fully saturated rings. The smallest absolute Gasteiger partial charge is 0.120 e. The summed E-state index contributed by atoms with van der Waals surface area (Å²) in [5.41, 5.74) is 1.70. The molecule has 0 saturated heterocycles. The van der Waals surface area contributed by atoms with Crippen LogP contribution in [0, 0.1) is 5.41 Å². The van der Waals surface area contributed by atoms with Gasteiger partial charge in [-0.05, 0) is 72.9 Å². The lowest BCUT2D eigenvalue weighted by atomic mass is 9.72. The Kier molecular flexibility index (Phi) is 4.45. The van der Waals surface area contributed by atoms with Gasteiger partial charge in [-0.1, -0.05) is 37.6 Å². The lowest BCUT2D eigenvalue weighted by molar-refractivity contribution is 0.0825. The maximum atomic E-state index is 6.32. The molecular formula is C23H28O2. The van der Waals surface area contributed by atoms with Gasteiger partial charge in [-0.25, -0.2) is 0 Å². The standard InChI is InChI=1S/C23H28O2/c1-17(24-2)18-5-6-20-16-22(8-7-19(20)15-18)25-21-9-13-23(14-10-21)11-3-4-12-23/h5-8,15-16,21H,1,3-4,9-14H2,2H3. The minimum atomic E-state index is 0.385. The Labute approximate surface area is 150 Å². The van der Waals surface area contributed by atoms with Gasteiger partial charge in [0.2, 0.25) is 0 Å². The highest BCUT2D eigenvalue weighted by Gasteiger charge is 2.38. The fourth-order valence-corrected chi connectivity index (χ4v) is 4.73. The van der Waals surface area contributed by atoms with Gasteiger partial charge in [-0.15, -0.1) is 0 Å². The van der Waals surface area contributed by atoms with Gasteiger partial charge in [0.25, 0.3) is 0 Å². The van der Waals surface area contributed by atoms with E-state index in [1.165, 1.54) is 62.1 Å². The van der Waals surface area contributed by atoms with Crippen molar-refractivity contribution in [3.8, 4) is 5.75 Å². The molecule has 2 aromatic rings. The molecule has 0 amide bonds. The van der Waals surface area contributed by atoms with E-state index in [2.05, 4.69) is 43.0 Å². The summed E-state index contributed by atoms with van der Waals surface area (Å²) in [6.07, 6.45) is 11.3. The van der Waals surface area contributed by atoms with Gasteiger partial charge in [-0.2, -0.15) is 0 Å². The first kappa shape index (κ1) is 16.5. The Bertz CT molecular complexity index is 761. The molecule has 2 heteroatoms. The van der Waals surface area contributed by atoms with Gasteiger partial charge in [0.1, 0.15) is 11.5 Å². The quantitative estimate of drug-likeness (QED) is 0.607. The van der Waals surface area contributed by atoms with E-state index in [4.69, 9.17) is 9.47 Å². The van der Waals surface area contributed by atoms with Gasteiger partial charge in [0.05, 0.1) is 13.2 Å². The fraction of sp³-hybridized carbons (Fsp3) is 0.478. The monoisotopic (exact) mass is 336 g/mol. The van der Waals surface area contributed by atoms with Crippen LogP contribution in [0.3, 0.4) is 0 Å². The van der Waals surface area contributed by atoms with Crippen LogP contribution in [0.4, 0.5) is 0 Å². The van der Waals surface area contributed by atoms with Crippen LogP contribution in [0.25, 0.3) is 16.5 Å². The molecule has 0 aromatic heterocycles. The van der Waals surface area contributed by atoms with E-state index in [0.717, 1.165) is 11.3 Å². The third-order valence-electron chi connectivity index (χ3n) is 6.34. The van der Waals surface area contributed by atoms with Crippen LogP contribution >= 0.6 is 0 Å². The van der Waals surface area contributed by atoms with Gasteiger partial charge in [0.15, 0.2) is 0 Å². The van der Waals surface area contributed by atoms with E-state index < -0.39 is 0 Å². The molecule has 0 unspecified atom stereocenters. The lowest BCUT2D eigenvalue weighted by Crippen LogP contribution is -2.30. The molecule has 25 heavy (non-hydrogen) atoms. The fourth-order valence-electron chi connectivity index (χ4n) is 4.73. The van der Waals surface area contributed by atoms with Crippen molar-refractivity contribution < 1.29 is 9.47 Å². The summed E-state index contributed by atoms with van der Waals surface area (Å²) in [5.74, 6) is 1.70. The zero-order valence-corrected chi connectivity index (χ0v) is 15.2. The summed E-state index contributed by atoms with van der Waals surface area (Å²) in [6, 6.07) is 12.7. The lowest BCUT2D eigenvalue weighted by Gasteiger charge is -2.37. The molecule has 2 saturated carbocycles. The zero-order chi connectivity index (χ0) is 17.3. The van der Waals surface area contributed by atoms with E-state index in [1.54, 1.807) is 7.11 Å². The average Bonchev–Trinajstić information content (AvgIpc) is 3.11. The number of rotatable bonds is 4. The predicted octanol–water partition coefficient (Wildman–Crippen LogP) is 6.34. The first-order valence-electron chi connectivity index (χ1n) is 9.61. The van der Waals surface area contributed by atoms with Crippen LogP contribution in [0.2, 0.25) is 0 Å². The van der Waals surface area contributed by atoms with E-state index in [1.807, 2.05) is 0 Å². The van der Waals surface area contributed by atoms with Crippen molar-refractivity contribution >= 4 is 16.5 Å². The summed E-state index contributed by atoms with van der Waals surface area (Å²) in [4.78, 5) is 0. The Hall–Kier alpha value is -1.96. The zero-order valence-electron chi connectivity index (χ0n) is 15.2. The van der Waals surface area contributed by atoms with E-state index >= 15 is 0 Å². The molecule has 2 aromatic carbocycles. The van der Waals surface area contributed by atoms with Crippen molar-refractivity contribution in [3.05, 3.63) is 48.5 Å². The van der Waals surface area contributed by atoms with Crippen LogP contribution in [0.1, 0.15) is 56.9 Å². The number of hydrogen-bond acceptors (Lipinski definition) is 2. The number of ether oxygens (including phenoxy) is 2. The third-order valence-corrected chi connectivity index (χ3v) is 6.34. The van der Waals surface area contributed by atoms with Gasteiger partial charge in [-0.3, -0.25) is 0 Å². The van der Waals surface area contributed by atoms with Crippen LogP contribution in [-0.2, 0) is 4.74 Å². The van der Waals surface area contributed by atoms with Crippen LogP contribution < -0.4 is 4.74 Å². The first-order chi connectivity index (χ1) is 12.2. The summed E-state index contributed by atoms with van der Waals surface area (Å²) >= 11 is 0. The molecule has 2 nitrogen and oxygen atoms in total. The van der Waals surface area contributed by atoms with Crippen molar-refractivity contribution in [1.29, 1.82) is 0 Å². The Morgan fingerprint density at radius 1 is 0.960 bits per heavy atom. The maximum absolute atomic E-state index is 6.32. The van der Waals surface area contributed by atoms with Crippen LogP contribution in [0.5, 0.6) is 5.75 Å². The van der Waals surface area contributed by atoms with Gasteiger partial charge < -0.3 is 9.47 Å². The Morgan fingerprint density at radius 2 is 1.64 bits per heavy atom. The molecule has 2 aliphatic carbocycles. The molecular weight excluding hydrogens is 308 g/mol. The summed E-state index contributed by atoms with van der Waals surface area (Å²) in [7, 11) is 1.66. The highest BCUT2D eigenvalue weighted by atomic mass is 16.5. The van der Waals surface area contributed by atoms with E-state index in [0.29, 0.717) is 17.3 Å². The molecule has 0 heterocycles. The Morgan fingerprint density at radius 3 is 2.36 bits per heavy atom. The maximum Gasteiger partial charge on any atom is 0.120 e. The molecule has 1 spiro atoms. The molecule has 0 aliphatic heterocycles. The number of fused-ring (bicyclic) bond motifs is 1. The van der Waals surface area contributed by atoms with Crippen molar-refractivity contribution in [2.45, 2.75) is 57.5 Å². The molecule has 132 valence electrons. The van der Waals surface area contributed by atoms with Crippen molar-refractivity contribution in [1.82, 2.24) is 0 Å². The number of hydrogen-bond donors (Lipinski definition) is 0. The Balaban J connectivity index is 1.44. The average molecular weight is 336 g/mol. The van der Waals surface area contributed by atoms with Crippen molar-refractivity contribution in [2.24, 2.45) is 5.41 Å².